The molecule has 11 heteroatoms. The van der Waals surface area contributed by atoms with E-state index in [2.05, 4.69) is 41.0 Å². The van der Waals surface area contributed by atoms with Gasteiger partial charge in [-0.2, -0.15) is 5.10 Å². The van der Waals surface area contributed by atoms with E-state index in [0.29, 0.717) is 17.1 Å². The highest BCUT2D eigenvalue weighted by molar-refractivity contribution is 9.10. The molecule has 0 unspecified atom stereocenters. The summed E-state index contributed by atoms with van der Waals surface area (Å²) < 4.78 is 29.8. The first-order valence-electron chi connectivity index (χ1n) is 8.57. The average molecular weight is 479 g/mol. The van der Waals surface area contributed by atoms with Crippen molar-refractivity contribution in [3.63, 3.8) is 0 Å². The highest BCUT2D eigenvalue weighted by Gasteiger charge is 2.16. The highest BCUT2D eigenvalue weighted by Crippen LogP contribution is 2.18. The summed E-state index contributed by atoms with van der Waals surface area (Å²) in [7, 11) is -3.85. The molecule has 0 spiro atoms. The van der Waals surface area contributed by atoms with Crippen LogP contribution in [0.1, 0.15) is 17.1 Å². The molecule has 2 aromatic heterocycles. The maximum absolute atomic E-state index is 12.5. The van der Waals surface area contributed by atoms with E-state index < -0.39 is 10.0 Å². The van der Waals surface area contributed by atoms with Gasteiger partial charge in [0.25, 0.3) is 10.0 Å². The van der Waals surface area contributed by atoms with Crippen molar-refractivity contribution in [1.82, 2.24) is 19.7 Å². The summed E-state index contributed by atoms with van der Waals surface area (Å²) >= 11 is 3.34. The molecule has 152 valence electrons. The van der Waals surface area contributed by atoms with Crippen LogP contribution in [0.5, 0.6) is 0 Å². The second kappa shape index (κ2) is 8.29. The molecule has 0 aliphatic heterocycles. The predicted octanol–water partition coefficient (Wildman–Crippen LogP) is 2.80. The van der Waals surface area contributed by atoms with E-state index >= 15 is 0 Å². The van der Waals surface area contributed by atoms with Crippen molar-refractivity contribution in [2.24, 2.45) is 0 Å². The fraction of sp³-hybridized carbons (Fsp3) is 0.222. The zero-order valence-corrected chi connectivity index (χ0v) is 18.4. The lowest BCUT2D eigenvalue weighted by molar-refractivity contribution is -0.116. The number of nitrogens with one attached hydrogen (secondary N) is 2. The number of carbonyl (C=O) groups is 1. The van der Waals surface area contributed by atoms with Gasteiger partial charge in [0.15, 0.2) is 0 Å². The Hall–Kier alpha value is -2.79. The van der Waals surface area contributed by atoms with Gasteiger partial charge >= 0.3 is 0 Å². The van der Waals surface area contributed by atoms with Gasteiger partial charge in [0.05, 0.1) is 21.3 Å². The van der Waals surface area contributed by atoms with E-state index in [1.165, 1.54) is 24.3 Å². The summed E-state index contributed by atoms with van der Waals surface area (Å²) in [5.74, 6) is -0.262. The first kappa shape index (κ1) is 20.9. The largest absolute Gasteiger partial charge is 0.324 e. The molecule has 2 N–H and O–H groups in total. The summed E-state index contributed by atoms with van der Waals surface area (Å²) in [6.45, 7) is 5.40. The van der Waals surface area contributed by atoms with Crippen LogP contribution in [-0.4, -0.2) is 34.1 Å². The number of nitrogens with zero attached hydrogens (tertiary/aromatic N) is 4. The van der Waals surface area contributed by atoms with Crippen LogP contribution in [-0.2, 0) is 21.4 Å². The number of benzene rings is 1. The maximum Gasteiger partial charge on any atom is 0.264 e. The minimum atomic E-state index is -3.85. The highest BCUT2D eigenvalue weighted by atomic mass is 79.9. The van der Waals surface area contributed by atoms with E-state index in [-0.39, 0.29) is 23.3 Å². The molecule has 0 aliphatic rings. The Balaban J connectivity index is 1.68. The molecule has 29 heavy (non-hydrogen) atoms. The Morgan fingerprint density at radius 1 is 1.10 bits per heavy atom. The maximum atomic E-state index is 12.5. The monoisotopic (exact) mass is 478 g/mol. The minimum absolute atomic E-state index is 0.0145. The topological polar surface area (TPSA) is 119 Å². The molecule has 3 aromatic rings. The molecular formula is C18H19BrN6O3S. The third kappa shape index (κ3) is 5.18. The lowest BCUT2D eigenvalue weighted by Crippen LogP contribution is -2.20. The van der Waals surface area contributed by atoms with E-state index in [4.69, 9.17) is 0 Å². The van der Waals surface area contributed by atoms with Crippen LogP contribution in [0, 0.1) is 20.8 Å². The Bertz CT molecular complexity index is 1140. The number of hydrogen-bond donors (Lipinski definition) is 2. The number of carbonyl (C=O) groups excluding carboxylic acids is 1. The van der Waals surface area contributed by atoms with Crippen molar-refractivity contribution in [3.05, 3.63) is 58.1 Å². The number of aryl methyl sites for hydroxylation is 2. The molecule has 0 aliphatic carbocycles. The summed E-state index contributed by atoms with van der Waals surface area (Å²) in [5, 5.41) is 6.82. The van der Waals surface area contributed by atoms with Crippen LogP contribution in [0.25, 0.3) is 0 Å². The van der Waals surface area contributed by atoms with Gasteiger partial charge in [0.2, 0.25) is 11.9 Å². The van der Waals surface area contributed by atoms with E-state index in [1.807, 2.05) is 6.92 Å². The number of anilines is 2. The van der Waals surface area contributed by atoms with Gasteiger partial charge in [0.1, 0.15) is 6.54 Å². The zero-order valence-electron chi connectivity index (χ0n) is 16.0. The van der Waals surface area contributed by atoms with Crippen molar-refractivity contribution in [3.8, 4) is 0 Å². The lowest BCUT2D eigenvalue weighted by atomic mass is 10.3. The number of hydrogen-bond acceptors (Lipinski definition) is 6. The number of aromatic nitrogens is 4. The van der Waals surface area contributed by atoms with E-state index in [1.54, 1.807) is 30.8 Å². The van der Waals surface area contributed by atoms with Crippen molar-refractivity contribution in [2.75, 3.05) is 10.0 Å². The molecule has 0 radical (unpaired) electrons. The SMILES string of the molecule is Cc1cc(C)nc(NS(=O)(=O)c2ccc(NC(=O)Cn3ncc(Br)c3C)cc2)n1. The molecule has 1 amide bonds. The van der Waals surface area contributed by atoms with Crippen LogP contribution >= 0.6 is 15.9 Å². The zero-order chi connectivity index (χ0) is 21.2. The summed E-state index contributed by atoms with van der Waals surface area (Å²) in [4.78, 5) is 20.4. The molecule has 2 heterocycles. The van der Waals surface area contributed by atoms with Crippen LogP contribution in [0.4, 0.5) is 11.6 Å². The molecule has 9 nitrogen and oxygen atoms in total. The van der Waals surface area contributed by atoms with Gasteiger partial charge in [-0.15, -0.1) is 0 Å². The average Bonchev–Trinajstić information content (AvgIpc) is 2.93. The predicted molar refractivity (Wildman–Crippen MR) is 112 cm³/mol. The van der Waals surface area contributed by atoms with Crippen molar-refractivity contribution >= 4 is 43.5 Å². The summed E-state index contributed by atoms with van der Waals surface area (Å²) in [6.07, 6.45) is 1.62. The third-order valence-electron chi connectivity index (χ3n) is 3.99. The van der Waals surface area contributed by atoms with Crippen molar-refractivity contribution < 1.29 is 13.2 Å². The number of halogens is 1. The van der Waals surface area contributed by atoms with Crippen LogP contribution in [0.15, 0.2) is 45.9 Å². The normalized spacial score (nSPS) is 11.3. The quantitative estimate of drug-likeness (QED) is 0.561. The fourth-order valence-electron chi connectivity index (χ4n) is 2.59. The first-order valence-corrected chi connectivity index (χ1v) is 10.8. The summed E-state index contributed by atoms with van der Waals surface area (Å²) in [5.41, 5.74) is 2.63. The van der Waals surface area contributed by atoms with Gasteiger partial charge in [0, 0.05) is 17.1 Å². The molecule has 0 saturated heterocycles. The third-order valence-corrected chi connectivity index (χ3v) is 6.12. The van der Waals surface area contributed by atoms with Crippen LogP contribution in [0.2, 0.25) is 0 Å². The second-order valence-electron chi connectivity index (χ2n) is 6.39. The standard InChI is InChI=1S/C18H19BrN6O3S/c1-11-8-12(2)22-18(21-11)24-29(27,28)15-6-4-14(5-7-15)23-17(26)10-25-13(3)16(19)9-20-25/h4-9H,10H2,1-3H3,(H,23,26)(H,21,22,24). The Kier molecular flexibility index (Phi) is 5.99. The Labute approximate surface area is 176 Å². The molecule has 1 aromatic carbocycles. The van der Waals surface area contributed by atoms with E-state index in [9.17, 15) is 13.2 Å². The molecular weight excluding hydrogens is 460 g/mol. The first-order chi connectivity index (χ1) is 13.6. The van der Waals surface area contributed by atoms with Gasteiger partial charge in [-0.1, -0.05) is 0 Å². The number of amides is 1. The Morgan fingerprint density at radius 2 is 1.72 bits per heavy atom. The minimum Gasteiger partial charge on any atom is -0.324 e. The number of rotatable bonds is 6. The van der Waals surface area contributed by atoms with Gasteiger partial charge in [-0.05, 0) is 67.0 Å². The van der Waals surface area contributed by atoms with Crippen molar-refractivity contribution in [2.45, 2.75) is 32.2 Å². The van der Waals surface area contributed by atoms with E-state index in [0.717, 1.165) is 10.2 Å². The van der Waals surface area contributed by atoms with Gasteiger partial charge in [-0.3, -0.25) is 9.48 Å². The second-order valence-corrected chi connectivity index (χ2v) is 8.92. The van der Waals surface area contributed by atoms with Gasteiger partial charge in [-0.25, -0.2) is 23.1 Å². The van der Waals surface area contributed by atoms with Gasteiger partial charge < -0.3 is 5.32 Å². The molecule has 3 rings (SSSR count). The molecule has 0 atom stereocenters. The van der Waals surface area contributed by atoms with Crippen LogP contribution < -0.4 is 10.0 Å². The van der Waals surface area contributed by atoms with Crippen molar-refractivity contribution in [1.29, 1.82) is 0 Å². The lowest BCUT2D eigenvalue weighted by Gasteiger charge is -2.10. The molecule has 0 bridgehead atoms. The Morgan fingerprint density at radius 3 is 2.28 bits per heavy atom. The fourth-order valence-corrected chi connectivity index (χ4v) is 3.83. The summed E-state index contributed by atoms with van der Waals surface area (Å²) in [6, 6.07) is 7.58. The van der Waals surface area contributed by atoms with Crippen LogP contribution in [0.3, 0.4) is 0 Å². The molecule has 0 saturated carbocycles. The molecule has 0 fully saturated rings. The smallest absolute Gasteiger partial charge is 0.264 e. The number of sulfonamides is 1.